The number of nitrogens with one attached hydrogen (secondary N) is 2. The van der Waals surface area contributed by atoms with E-state index in [1.807, 2.05) is 41.5 Å². The molecule has 9 N–H and O–H groups in total. The summed E-state index contributed by atoms with van der Waals surface area (Å²) in [5, 5.41) is 53.3. The Morgan fingerprint density at radius 1 is 0.682 bits per heavy atom. The molecule has 0 saturated carbocycles. The molecule has 1 aliphatic heterocycles. The van der Waals surface area contributed by atoms with Gasteiger partial charge in [0.05, 0.1) is 25.6 Å². The Balaban J connectivity index is 2.37. The molecule has 66 heavy (non-hydrogen) atoms. The van der Waals surface area contributed by atoms with Crippen LogP contribution in [0.5, 0.6) is 0 Å². The molecule has 1 aromatic carbocycles. The average molecular weight is 954 g/mol. The maximum absolute atomic E-state index is 16.9. The molecule has 1 heterocycles. The summed E-state index contributed by atoms with van der Waals surface area (Å²) in [6.07, 6.45) is -0.181. The minimum Gasteiger partial charge on any atom is -0.481 e. The van der Waals surface area contributed by atoms with Gasteiger partial charge in [0.2, 0.25) is 5.91 Å². The number of Topliss-reactive ketones (excluding diaryl/α,β-unsaturated/α-hetero) is 1. The van der Waals surface area contributed by atoms with Crippen LogP contribution in [0.2, 0.25) is 10.1 Å². The van der Waals surface area contributed by atoms with Crippen LogP contribution in [0, 0.1) is 5.92 Å². The molecule has 3 atom stereocenters. The quantitative estimate of drug-likeness (QED) is 0.0409. The number of hydrogen-bond donors (Lipinski definition) is 8. The summed E-state index contributed by atoms with van der Waals surface area (Å²) in [7, 11) is -3.65. The monoisotopic (exact) mass is 953 g/mol. The lowest BCUT2D eigenvalue weighted by atomic mass is 9.93. The third-order valence-corrected chi connectivity index (χ3v) is 17.2. The highest BCUT2D eigenvalue weighted by Gasteiger charge is 2.56. The van der Waals surface area contributed by atoms with E-state index in [2.05, 4.69) is 10.6 Å². The Kier molecular flexibility index (Phi) is 23.0. The number of unbranched alkanes of at least 4 members (excludes halogenated alkanes) is 1. The summed E-state index contributed by atoms with van der Waals surface area (Å²) < 4.78 is 16.9. The third kappa shape index (κ3) is 18.4. The fourth-order valence-electron chi connectivity index (χ4n) is 8.53. The van der Waals surface area contributed by atoms with Crippen LogP contribution < -0.4 is 21.6 Å². The highest BCUT2D eigenvalue weighted by molar-refractivity contribution is 6.90. The molecule has 1 aromatic rings. The lowest BCUT2D eigenvalue weighted by Crippen LogP contribution is -2.57. The Hall–Kier alpha value is -4.87. The van der Waals surface area contributed by atoms with E-state index in [1.54, 1.807) is 17.0 Å². The maximum Gasteiger partial charge on any atom is 0.320 e. The minimum absolute atomic E-state index is 0.0263. The molecule has 0 spiro atoms. The lowest BCUT2D eigenvalue weighted by molar-refractivity contribution is -0.145. The van der Waals surface area contributed by atoms with Crippen LogP contribution in [0.25, 0.3) is 0 Å². The van der Waals surface area contributed by atoms with Crippen molar-refractivity contribution in [2.75, 3.05) is 85.1 Å². The van der Waals surface area contributed by atoms with Crippen LogP contribution in [-0.2, 0) is 33.6 Å². The number of halogens is 1. The summed E-state index contributed by atoms with van der Waals surface area (Å²) in [5.74, 6) is -9.25. The molecule has 1 aliphatic rings. The molecular weight excluding hydrogens is 882 g/mol. The molecule has 1 unspecified atom stereocenters. The predicted molar refractivity (Wildman–Crippen MR) is 245 cm³/mol. The van der Waals surface area contributed by atoms with Crippen molar-refractivity contribution >= 4 is 61.0 Å². The number of carboxylic acids is 5. The van der Waals surface area contributed by atoms with Crippen molar-refractivity contribution in [1.29, 1.82) is 0 Å². The van der Waals surface area contributed by atoms with E-state index in [0.717, 1.165) is 0 Å². The topological polar surface area (TPSA) is 301 Å². The normalized spacial score (nSPS) is 17.0. The van der Waals surface area contributed by atoms with Crippen LogP contribution in [0.15, 0.2) is 24.3 Å². The number of amides is 2. The zero-order valence-corrected chi connectivity index (χ0v) is 40.2. The number of carbonyl (C=O) groups excluding carboxylic acids is 3. The fraction of sp³-hybridized carbons (Fsp3) is 0.682. The van der Waals surface area contributed by atoms with Crippen molar-refractivity contribution < 1.29 is 68.0 Å². The number of carbonyl (C=O) groups is 8. The molecule has 372 valence electrons. The van der Waals surface area contributed by atoms with Crippen molar-refractivity contribution in [3.05, 3.63) is 29.8 Å². The van der Waals surface area contributed by atoms with Gasteiger partial charge in [-0.25, -0.2) is 0 Å². The van der Waals surface area contributed by atoms with Gasteiger partial charge in [0.1, 0.15) is 12.1 Å². The average Bonchev–Trinajstić information content (AvgIpc) is 3.20. The largest absolute Gasteiger partial charge is 0.481 e. The molecule has 1 saturated heterocycles. The SMILES string of the molecule is CC(C)(C)[Si](F)(c1ccc(C(=O)NC[C@@H](NC(=O)CCC(C(=O)O)N2CCN(CC(=O)O)CCN(CC(=O)O)CCN(CC(=O)O)CC2)C(=O)C[C@H](CCCCN)C(=O)O)cc1)C(C)(C)C. The molecule has 0 bridgehead atoms. The number of nitrogens with zero attached hydrogens (tertiary/aromatic N) is 4. The fourth-order valence-corrected chi connectivity index (χ4v) is 13.1. The lowest BCUT2D eigenvalue weighted by Gasteiger charge is -2.44. The number of aliphatic carboxylic acids is 5. The van der Waals surface area contributed by atoms with Gasteiger partial charge in [-0.05, 0) is 53.2 Å². The van der Waals surface area contributed by atoms with Crippen molar-refractivity contribution in [1.82, 2.24) is 30.2 Å². The van der Waals surface area contributed by atoms with Gasteiger partial charge in [-0.3, -0.25) is 58.0 Å². The van der Waals surface area contributed by atoms with Crippen LogP contribution in [0.1, 0.15) is 90.4 Å². The molecule has 0 radical (unpaired) electrons. The van der Waals surface area contributed by atoms with Gasteiger partial charge in [0, 0.05) is 77.3 Å². The highest BCUT2D eigenvalue weighted by atomic mass is 28.4. The molecule has 20 nitrogen and oxygen atoms in total. The van der Waals surface area contributed by atoms with Gasteiger partial charge in [-0.15, -0.1) is 0 Å². The number of carboxylic acid groups (broad SMARTS) is 5. The first kappa shape index (κ1) is 57.3. The highest BCUT2D eigenvalue weighted by Crippen LogP contribution is 2.51. The summed E-state index contributed by atoms with van der Waals surface area (Å²) in [6, 6.07) is 3.36. The van der Waals surface area contributed by atoms with Crippen molar-refractivity contribution in [3.8, 4) is 0 Å². The molecule has 0 aromatic heterocycles. The van der Waals surface area contributed by atoms with E-state index < -0.39 is 116 Å². The molecule has 0 aliphatic carbocycles. The number of nitrogens with two attached hydrogens (primary N) is 1. The predicted octanol–water partition coefficient (Wildman–Crippen LogP) is 1.12. The molecule has 22 heteroatoms. The zero-order chi connectivity index (χ0) is 50.0. The van der Waals surface area contributed by atoms with E-state index in [-0.39, 0.29) is 77.3 Å². The van der Waals surface area contributed by atoms with Crippen molar-refractivity contribution in [2.45, 2.75) is 102 Å². The summed E-state index contributed by atoms with van der Waals surface area (Å²) in [4.78, 5) is 107. The number of rotatable bonds is 24. The van der Waals surface area contributed by atoms with Gasteiger partial charge in [-0.1, -0.05) is 60.1 Å². The molecular formula is C44H72FN7O13Si. The molecule has 1 fully saturated rings. The maximum atomic E-state index is 16.9. The number of hydrogen-bond acceptors (Lipinski definition) is 13. The van der Waals surface area contributed by atoms with Crippen molar-refractivity contribution in [3.63, 3.8) is 0 Å². The Morgan fingerprint density at radius 2 is 1.14 bits per heavy atom. The smallest absolute Gasteiger partial charge is 0.320 e. The minimum atomic E-state index is -3.65. The second-order valence-corrected chi connectivity index (χ2v) is 23.9. The van der Waals surface area contributed by atoms with Gasteiger partial charge in [-0.2, -0.15) is 0 Å². The van der Waals surface area contributed by atoms with Crippen LogP contribution in [0.3, 0.4) is 0 Å². The first-order chi connectivity index (χ1) is 30.7. The molecule has 2 amide bonds. The van der Waals surface area contributed by atoms with E-state index >= 15 is 4.11 Å². The van der Waals surface area contributed by atoms with Crippen molar-refractivity contribution in [2.24, 2.45) is 11.7 Å². The summed E-state index contributed by atoms with van der Waals surface area (Å²) in [6.45, 7) is 10.2. The second kappa shape index (κ2) is 26.5. The summed E-state index contributed by atoms with van der Waals surface area (Å²) >= 11 is 0. The van der Waals surface area contributed by atoms with E-state index in [9.17, 15) is 63.9 Å². The van der Waals surface area contributed by atoms with Crippen LogP contribution in [0.4, 0.5) is 4.11 Å². The van der Waals surface area contributed by atoms with Gasteiger partial charge in [0.25, 0.3) is 14.3 Å². The van der Waals surface area contributed by atoms with Crippen LogP contribution >= 0.6 is 0 Å². The first-order valence-corrected chi connectivity index (χ1v) is 24.2. The Morgan fingerprint density at radius 3 is 1.53 bits per heavy atom. The number of benzene rings is 1. The summed E-state index contributed by atoms with van der Waals surface area (Å²) in [5.41, 5.74) is 5.73. The van der Waals surface area contributed by atoms with E-state index in [1.165, 1.54) is 26.8 Å². The Bertz CT molecular complexity index is 1780. The van der Waals surface area contributed by atoms with E-state index in [4.69, 9.17) is 5.73 Å². The van der Waals surface area contributed by atoms with Gasteiger partial charge < -0.3 is 46.0 Å². The van der Waals surface area contributed by atoms with Gasteiger partial charge >= 0.3 is 29.8 Å². The number of ketones is 1. The third-order valence-electron chi connectivity index (χ3n) is 11.9. The first-order valence-electron chi connectivity index (χ1n) is 22.3. The second-order valence-electron chi connectivity index (χ2n) is 19.0. The Labute approximate surface area is 387 Å². The standard InChI is InChI=1S/C44H72FN7O13Si/c1-43(2,3)66(45,44(4,5)6)32-12-10-30(11-13-32)40(61)47-26-33(35(53)25-31(41(62)63)9-7-8-16-46)48-36(54)15-14-34(42(64)65)52-23-21-50(28-38(57)58)19-17-49(27-37(55)56)18-20-51(22-24-52)29-39(59)60/h10-13,31,33-34H,7-9,14-29,46H2,1-6H3,(H,47,61)(H,48,54)(H,55,56)(H,57,58)(H,59,60)(H,62,63)(H,64,65)/t31-,33+,34?/m0/s1. The molecule has 2 rings (SSSR count). The zero-order valence-electron chi connectivity index (χ0n) is 39.2. The van der Waals surface area contributed by atoms with Gasteiger partial charge in [0.15, 0.2) is 5.78 Å². The van der Waals surface area contributed by atoms with E-state index in [0.29, 0.717) is 24.6 Å². The van der Waals surface area contributed by atoms with Crippen LogP contribution in [-0.4, -0.2) is 198 Å².